The Balaban J connectivity index is 2.79. The second-order valence-corrected chi connectivity index (χ2v) is 6.04. The summed E-state index contributed by atoms with van der Waals surface area (Å²) in [7, 11) is 0. The van der Waals surface area contributed by atoms with Crippen LogP contribution >= 0.6 is 31.9 Å². The molecule has 0 aromatic heterocycles. The summed E-state index contributed by atoms with van der Waals surface area (Å²) < 4.78 is 1.72. The average molecular weight is 363 g/mol. The Morgan fingerprint density at radius 2 is 2.00 bits per heavy atom. The van der Waals surface area contributed by atoms with Gasteiger partial charge in [-0.2, -0.15) is 0 Å². The largest absolute Gasteiger partial charge is 0.349 e. The van der Waals surface area contributed by atoms with Gasteiger partial charge < -0.3 is 5.32 Å². The third-order valence-corrected chi connectivity index (χ3v) is 4.21. The monoisotopic (exact) mass is 361 g/mol. The number of carbonyl (C=O) groups is 1. The second-order valence-electron chi connectivity index (χ2n) is 4.27. The van der Waals surface area contributed by atoms with Crippen molar-refractivity contribution in [3.8, 4) is 0 Å². The van der Waals surface area contributed by atoms with E-state index in [2.05, 4.69) is 51.0 Å². The Morgan fingerprint density at radius 3 is 2.59 bits per heavy atom. The molecule has 0 radical (unpaired) electrons. The maximum atomic E-state index is 12.1. The van der Waals surface area contributed by atoms with Crippen molar-refractivity contribution in [3.63, 3.8) is 0 Å². The smallest absolute Gasteiger partial charge is 0.252 e. The van der Waals surface area contributed by atoms with Crippen molar-refractivity contribution in [2.45, 2.75) is 33.2 Å². The summed E-state index contributed by atoms with van der Waals surface area (Å²) in [5.74, 6) is 0.441. The predicted molar refractivity (Wildman–Crippen MR) is 78.2 cm³/mol. The SMILES string of the molecule is CCC(C)C(C)NC(=O)c1cc(Br)ccc1Br. The van der Waals surface area contributed by atoms with E-state index in [4.69, 9.17) is 0 Å². The lowest BCUT2D eigenvalue weighted by atomic mass is 10.0. The van der Waals surface area contributed by atoms with Gasteiger partial charge in [-0.25, -0.2) is 0 Å². The fourth-order valence-electron chi connectivity index (χ4n) is 1.45. The van der Waals surface area contributed by atoms with Gasteiger partial charge in [0.15, 0.2) is 0 Å². The molecule has 0 aliphatic carbocycles. The number of carbonyl (C=O) groups excluding carboxylic acids is 1. The highest BCUT2D eigenvalue weighted by molar-refractivity contribution is 9.11. The second kappa shape index (κ2) is 6.55. The van der Waals surface area contributed by atoms with Gasteiger partial charge in [0.2, 0.25) is 0 Å². The number of benzene rings is 1. The minimum atomic E-state index is -0.0361. The van der Waals surface area contributed by atoms with E-state index in [1.54, 1.807) is 0 Å². The molecule has 94 valence electrons. The zero-order valence-corrected chi connectivity index (χ0v) is 13.4. The molecule has 4 heteroatoms. The molecule has 1 amide bonds. The van der Waals surface area contributed by atoms with E-state index in [0.717, 1.165) is 15.4 Å². The normalized spacial score (nSPS) is 14.2. The van der Waals surface area contributed by atoms with Gasteiger partial charge in [-0.15, -0.1) is 0 Å². The Morgan fingerprint density at radius 1 is 1.35 bits per heavy atom. The van der Waals surface area contributed by atoms with Gasteiger partial charge in [-0.3, -0.25) is 4.79 Å². The van der Waals surface area contributed by atoms with Crippen LogP contribution in [0, 0.1) is 5.92 Å². The minimum absolute atomic E-state index is 0.0361. The molecule has 0 aliphatic rings. The quantitative estimate of drug-likeness (QED) is 0.846. The molecule has 1 rings (SSSR count). The Hall–Kier alpha value is -0.350. The van der Waals surface area contributed by atoms with Crippen LogP contribution < -0.4 is 5.32 Å². The van der Waals surface area contributed by atoms with Crippen LogP contribution in [0.3, 0.4) is 0 Å². The van der Waals surface area contributed by atoms with Crippen molar-refractivity contribution in [2.75, 3.05) is 0 Å². The summed E-state index contributed by atoms with van der Waals surface area (Å²) in [5.41, 5.74) is 0.662. The highest BCUT2D eigenvalue weighted by Crippen LogP contribution is 2.21. The van der Waals surface area contributed by atoms with Crippen LogP contribution in [0.2, 0.25) is 0 Å². The van der Waals surface area contributed by atoms with Crippen LogP contribution in [0.4, 0.5) is 0 Å². The molecule has 17 heavy (non-hydrogen) atoms. The molecular formula is C13H17Br2NO. The van der Waals surface area contributed by atoms with Crippen molar-refractivity contribution in [1.29, 1.82) is 0 Å². The first-order chi connectivity index (χ1) is 7.95. The number of hydrogen-bond acceptors (Lipinski definition) is 1. The standard InChI is InChI=1S/C13H17Br2NO/c1-4-8(2)9(3)16-13(17)11-7-10(14)5-6-12(11)15/h5-9H,4H2,1-3H3,(H,16,17). The topological polar surface area (TPSA) is 29.1 Å². The summed E-state index contributed by atoms with van der Waals surface area (Å²) in [6.45, 7) is 6.31. The first-order valence-corrected chi connectivity index (χ1v) is 7.30. The molecular weight excluding hydrogens is 346 g/mol. The number of amides is 1. The first kappa shape index (κ1) is 14.7. The van der Waals surface area contributed by atoms with E-state index < -0.39 is 0 Å². The minimum Gasteiger partial charge on any atom is -0.349 e. The molecule has 2 nitrogen and oxygen atoms in total. The first-order valence-electron chi connectivity index (χ1n) is 5.71. The number of nitrogens with one attached hydrogen (secondary N) is 1. The van der Waals surface area contributed by atoms with Gasteiger partial charge in [0, 0.05) is 15.0 Å². The van der Waals surface area contributed by atoms with Crippen LogP contribution in [0.25, 0.3) is 0 Å². The van der Waals surface area contributed by atoms with Crippen molar-refractivity contribution in [2.24, 2.45) is 5.92 Å². The molecule has 0 saturated carbocycles. The third-order valence-electron chi connectivity index (χ3n) is 3.03. The number of hydrogen-bond donors (Lipinski definition) is 1. The van der Waals surface area contributed by atoms with E-state index in [1.807, 2.05) is 25.1 Å². The third kappa shape index (κ3) is 4.11. The highest BCUT2D eigenvalue weighted by atomic mass is 79.9. The maximum absolute atomic E-state index is 12.1. The highest BCUT2D eigenvalue weighted by Gasteiger charge is 2.16. The van der Waals surface area contributed by atoms with Crippen LogP contribution in [0.5, 0.6) is 0 Å². The van der Waals surface area contributed by atoms with Gasteiger partial charge in [0.05, 0.1) is 5.56 Å². The Bertz CT molecular complexity index is 406. The van der Waals surface area contributed by atoms with Crippen molar-refractivity contribution < 1.29 is 4.79 Å². The van der Waals surface area contributed by atoms with Crippen LogP contribution in [0.1, 0.15) is 37.6 Å². The zero-order chi connectivity index (χ0) is 13.0. The summed E-state index contributed by atoms with van der Waals surface area (Å²) in [5, 5.41) is 3.03. The van der Waals surface area contributed by atoms with Crippen molar-refractivity contribution >= 4 is 37.8 Å². The molecule has 1 N–H and O–H groups in total. The molecule has 0 spiro atoms. The van der Waals surface area contributed by atoms with Gasteiger partial charge >= 0.3 is 0 Å². The Labute approximate surface area is 119 Å². The van der Waals surface area contributed by atoms with E-state index in [9.17, 15) is 4.79 Å². The van der Waals surface area contributed by atoms with Crippen molar-refractivity contribution in [1.82, 2.24) is 5.32 Å². The van der Waals surface area contributed by atoms with Gasteiger partial charge in [-0.05, 0) is 47.0 Å². The molecule has 2 unspecified atom stereocenters. The van der Waals surface area contributed by atoms with Crippen LogP contribution in [-0.4, -0.2) is 11.9 Å². The predicted octanol–water partition coefficient (Wildman–Crippen LogP) is 4.38. The van der Waals surface area contributed by atoms with E-state index >= 15 is 0 Å². The molecule has 0 bridgehead atoms. The molecule has 1 aromatic rings. The average Bonchev–Trinajstić information content (AvgIpc) is 2.30. The molecule has 0 aliphatic heterocycles. The summed E-state index contributed by atoms with van der Waals surface area (Å²) in [4.78, 5) is 12.1. The molecule has 2 atom stereocenters. The molecule has 0 saturated heterocycles. The summed E-state index contributed by atoms with van der Waals surface area (Å²) >= 11 is 6.77. The lowest BCUT2D eigenvalue weighted by Crippen LogP contribution is -2.37. The Kier molecular flexibility index (Phi) is 5.67. The fraction of sp³-hybridized carbons (Fsp3) is 0.462. The van der Waals surface area contributed by atoms with E-state index in [1.165, 1.54) is 0 Å². The molecule has 0 heterocycles. The van der Waals surface area contributed by atoms with Crippen LogP contribution in [-0.2, 0) is 0 Å². The van der Waals surface area contributed by atoms with Gasteiger partial charge in [0.1, 0.15) is 0 Å². The fourth-order valence-corrected chi connectivity index (χ4v) is 2.24. The molecule has 1 aromatic carbocycles. The van der Waals surface area contributed by atoms with Crippen molar-refractivity contribution in [3.05, 3.63) is 32.7 Å². The summed E-state index contributed by atoms with van der Waals surface area (Å²) in [6, 6.07) is 5.77. The number of halogens is 2. The lowest BCUT2D eigenvalue weighted by Gasteiger charge is -2.20. The lowest BCUT2D eigenvalue weighted by molar-refractivity contribution is 0.0927. The maximum Gasteiger partial charge on any atom is 0.252 e. The van der Waals surface area contributed by atoms with Crippen LogP contribution in [0.15, 0.2) is 27.1 Å². The van der Waals surface area contributed by atoms with Gasteiger partial charge in [-0.1, -0.05) is 36.2 Å². The van der Waals surface area contributed by atoms with E-state index in [-0.39, 0.29) is 11.9 Å². The summed E-state index contributed by atoms with van der Waals surface area (Å²) in [6.07, 6.45) is 1.06. The number of rotatable bonds is 4. The van der Waals surface area contributed by atoms with E-state index in [0.29, 0.717) is 11.5 Å². The zero-order valence-electron chi connectivity index (χ0n) is 10.3. The molecule has 0 fully saturated rings. The van der Waals surface area contributed by atoms with Gasteiger partial charge in [0.25, 0.3) is 5.91 Å².